The lowest BCUT2D eigenvalue weighted by atomic mass is 10.1. The smallest absolute Gasteiger partial charge is 0.336 e. The molecule has 0 fully saturated rings. The Morgan fingerprint density at radius 3 is 2.90 bits per heavy atom. The Morgan fingerprint density at radius 1 is 1.10 bits per heavy atom. The fourth-order valence-electron chi connectivity index (χ4n) is 2.50. The van der Waals surface area contributed by atoms with Crippen LogP contribution in [-0.4, -0.2) is 14.6 Å². The van der Waals surface area contributed by atoms with Crippen molar-refractivity contribution in [3.63, 3.8) is 0 Å². The molecule has 4 rings (SSSR count). The van der Waals surface area contributed by atoms with Gasteiger partial charge in [-0.05, 0) is 30.7 Å². The first kappa shape index (κ1) is 11.8. The zero-order chi connectivity index (χ0) is 14.4. The maximum atomic E-state index is 11.5. The van der Waals surface area contributed by atoms with Gasteiger partial charge >= 0.3 is 5.63 Å². The zero-order valence-electron chi connectivity index (χ0n) is 11.3. The average molecular weight is 277 g/mol. The molecule has 21 heavy (non-hydrogen) atoms. The van der Waals surface area contributed by atoms with Crippen molar-refractivity contribution in [3.8, 4) is 11.4 Å². The van der Waals surface area contributed by atoms with E-state index in [2.05, 4.69) is 10.2 Å². The van der Waals surface area contributed by atoms with Crippen molar-refractivity contribution in [1.82, 2.24) is 14.6 Å². The molecule has 0 aliphatic carbocycles. The maximum Gasteiger partial charge on any atom is 0.336 e. The van der Waals surface area contributed by atoms with Crippen LogP contribution in [0.5, 0.6) is 0 Å². The van der Waals surface area contributed by atoms with Crippen molar-refractivity contribution < 1.29 is 4.42 Å². The zero-order valence-corrected chi connectivity index (χ0v) is 11.3. The van der Waals surface area contributed by atoms with Crippen LogP contribution in [0.4, 0.5) is 0 Å². The van der Waals surface area contributed by atoms with E-state index >= 15 is 0 Å². The van der Waals surface area contributed by atoms with E-state index in [9.17, 15) is 4.79 Å². The first-order chi connectivity index (χ1) is 10.2. The molecule has 0 saturated heterocycles. The predicted octanol–water partition coefficient (Wildman–Crippen LogP) is 2.81. The Morgan fingerprint density at radius 2 is 2.00 bits per heavy atom. The highest BCUT2D eigenvalue weighted by atomic mass is 16.4. The lowest BCUT2D eigenvalue weighted by Gasteiger charge is -2.03. The Balaban J connectivity index is 2.01. The van der Waals surface area contributed by atoms with Crippen molar-refractivity contribution in [1.29, 1.82) is 0 Å². The van der Waals surface area contributed by atoms with Gasteiger partial charge in [0.05, 0.1) is 0 Å². The molecule has 0 aliphatic heterocycles. The van der Waals surface area contributed by atoms with E-state index in [0.717, 1.165) is 28.0 Å². The molecular weight excluding hydrogens is 266 g/mol. The molecule has 0 spiro atoms. The van der Waals surface area contributed by atoms with Crippen LogP contribution in [0, 0.1) is 6.92 Å². The first-order valence-electron chi connectivity index (χ1n) is 6.57. The lowest BCUT2D eigenvalue weighted by molar-refractivity contribution is 0.560. The highest BCUT2D eigenvalue weighted by Crippen LogP contribution is 2.24. The van der Waals surface area contributed by atoms with Gasteiger partial charge in [0.1, 0.15) is 5.58 Å². The Bertz CT molecular complexity index is 1030. The van der Waals surface area contributed by atoms with Crippen molar-refractivity contribution in [3.05, 3.63) is 64.6 Å². The summed E-state index contributed by atoms with van der Waals surface area (Å²) in [7, 11) is 0. The molecule has 0 N–H and O–H groups in total. The van der Waals surface area contributed by atoms with Crippen LogP contribution < -0.4 is 5.63 Å². The van der Waals surface area contributed by atoms with Gasteiger partial charge in [-0.15, -0.1) is 10.2 Å². The summed E-state index contributed by atoms with van der Waals surface area (Å²) in [6, 6.07) is 12.9. The molecule has 1 aromatic carbocycles. The van der Waals surface area contributed by atoms with Crippen molar-refractivity contribution in [2.75, 3.05) is 0 Å². The maximum absolute atomic E-state index is 11.5. The van der Waals surface area contributed by atoms with E-state index in [4.69, 9.17) is 4.42 Å². The van der Waals surface area contributed by atoms with Crippen LogP contribution in [-0.2, 0) is 0 Å². The number of hydrogen-bond acceptors (Lipinski definition) is 4. The fraction of sp³-hybridized carbons (Fsp3) is 0.0625. The molecule has 0 bridgehead atoms. The Kier molecular flexibility index (Phi) is 2.41. The molecule has 102 valence electrons. The molecule has 0 amide bonds. The topological polar surface area (TPSA) is 60.4 Å². The van der Waals surface area contributed by atoms with Gasteiger partial charge in [0, 0.05) is 23.2 Å². The minimum Gasteiger partial charge on any atom is -0.423 e. The van der Waals surface area contributed by atoms with Crippen LogP contribution in [0.25, 0.3) is 28.0 Å². The van der Waals surface area contributed by atoms with Gasteiger partial charge in [0.15, 0.2) is 11.5 Å². The van der Waals surface area contributed by atoms with Gasteiger partial charge in [-0.1, -0.05) is 18.2 Å². The van der Waals surface area contributed by atoms with Crippen LogP contribution in [0.2, 0.25) is 0 Å². The van der Waals surface area contributed by atoms with Crippen LogP contribution in [0.3, 0.4) is 0 Å². The third kappa shape index (κ3) is 1.82. The average Bonchev–Trinajstić information content (AvgIpc) is 2.90. The SMILES string of the molecule is Cc1cc(=O)oc2cc(-c3nnc4ccccn34)ccc12. The number of hydrogen-bond donors (Lipinski definition) is 0. The van der Waals surface area contributed by atoms with E-state index in [1.165, 1.54) is 6.07 Å². The first-order valence-corrected chi connectivity index (χ1v) is 6.57. The van der Waals surface area contributed by atoms with Gasteiger partial charge in [-0.2, -0.15) is 0 Å². The summed E-state index contributed by atoms with van der Waals surface area (Å²) in [6.45, 7) is 1.89. The number of benzene rings is 1. The van der Waals surface area contributed by atoms with Crippen LogP contribution >= 0.6 is 0 Å². The van der Waals surface area contributed by atoms with Gasteiger partial charge < -0.3 is 4.42 Å². The third-order valence-electron chi connectivity index (χ3n) is 3.52. The minimum atomic E-state index is -0.344. The van der Waals surface area contributed by atoms with E-state index in [-0.39, 0.29) is 5.63 Å². The minimum absolute atomic E-state index is 0.344. The number of aromatic nitrogens is 3. The van der Waals surface area contributed by atoms with Crippen molar-refractivity contribution in [2.45, 2.75) is 6.92 Å². The van der Waals surface area contributed by atoms with E-state index in [1.54, 1.807) is 0 Å². The Labute approximate surface area is 119 Å². The molecule has 5 nitrogen and oxygen atoms in total. The summed E-state index contributed by atoms with van der Waals surface area (Å²) in [6.07, 6.45) is 1.90. The molecule has 0 radical (unpaired) electrons. The van der Waals surface area contributed by atoms with Gasteiger partial charge in [0.25, 0.3) is 0 Å². The van der Waals surface area contributed by atoms with E-state index in [1.807, 2.05) is 53.9 Å². The van der Waals surface area contributed by atoms with Gasteiger partial charge in [-0.25, -0.2) is 4.79 Å². The normalized spacial score (nSPS) is 11.3. The van der Waals surface area contributed by atoms with Crippen molar-refractivity contribution >= 4 is 16.6 Å². The standard InChI is InChI=1S/C16H11N3O2/c1-10-8-15(20)21-13-9-11(5-6-12(10)13)16-18-17-14-4-2-3-7-19(14)16/h2-9H,1H3. The van der Waals surface area contributed by atoms with Crippen LogP contribution in [0.1, 0.15) is 5.56 Å². The van der Waals surface area contributed by atoms with Crippen molar-refractivity contribution in [2.24, 2.45) is 0 Å². The van der Waals surface area contributed by atoms with E-state index in [0.29, 0.717) is 5.58 Å². The molecule has 0 unspecified atom stereocenters. The number of aryl methyl sites for hydroxylation is 1. The van der Waals surface area contributed by atoms with Gasteiger partial charge in [0.2, 0.25) is 0 Å². The number of fused-ring (bicyclic) bond motifs is 2. The summed E-state index contributed by atoms with van der Waals surface area (Å²) < 4.78 is 7.18. The second kappa shape index (κ2) is 4.28. The summed E-state index contributed by atoms with van der Waals surface area (Å²) in [5.41, 5.74) is 2.75. The number of rotatable bonds is 1. The summed E-state index contributed by atoms with van der Waals surface area (Å²) in [4.78, 5) is 11.5. The molecular formula is C16H11N3O2. The molecule has 4 aromatic rings. The third-order valence-corrected chi connectivity index (χ3v) is 3.52. The molecule has 3 heterocycles. The highest BCUT2D eigenvalue weighted by Gasteiger charge is 2.10. The second-order valence-corrected chi connectivity index (χ2v) is 4.91. The highest BCUT2D eigenvalue weighted by molar-refractivity contribution is 5.84. The summed E-state index contributed by atoms with van der Waals surface area (Å²) in [5.74, 6) is 0.719. The molecule has 3 aromatic heterocycles. The molecule has 0 atom stereocenters. The number of pyridine rings is 1. The van der Waals surface area contributed by atoms with Crippen LogP contribution in [0.15, 0.2) is 57.9 Å². The lowest BCUT2D eigenvalue weighted by Crippen LogP contribution is -1.98. The molecule has 0 aliphatic rings. The fourth-order valence-corrected chi connectivity index (χ4v) is 2.50. The molecule has 5 heteroatoms. The summed E-state index contributed by atoms with van der Waals surface area (Å²) >= 11 is 0. The summed E-state index contributed by atoms with van der Waals surface area (Å²) in [5, 5.41) is 9.26. The quantitative estimate of drug-likeness (QED) is 0.502. The van der Waals surface area contributed by atoms with Gasteiger partial charge in [-0.3, -0.25) is 4.40 Å². The largest absolute Gasteiger partial charge is 0.423 e. The predicted molar refractivity (Wildman–Crippen MR) is 79.2 cm³/mol. The second-order valence-electron chi connectivity index (χ2n) is 4.91. The monoisotopic (exact) mass is 277 g/mol. The molecule has 0 saturated carbocycles. The van der Waals surface area contributed by atoms with E-state index < -0.39 is 0 Å². The number of nitrogens with zero attached hydrogens (tertiary/aromatic N) is 3. The Hall–Kier alpha value is -2.95.